The van der Waals surface area contributed by atoms with Gasteiger partial charge in [0.25, 0.3) is 11.5 Å². The zero-order valence-electron chi connectivity index (χ0n) is 19.2. The predicted molar refractivity (Wildman–Crippen MR) is 135 cm³/mol. The molecule has 4 rings (SSSR count). The van der Waals surface area contributed by atoms with Gasteiger partial charge < -0.3 is 20.5 Å². The highest BCUT2D eigenvalue weighted by Crippen LogP contribution is 2.38. The number of anilines is 2. The molecule has 0 atom stereocenters. The van der Waals surface area contributed by atoms with Gasteiger partial charge in [-0.15, -0.1) is 0 Å². The summed E-state index contributed by atoms with van der Waals surface area (Å²) in [7, 11) is 3.22. The van der Waals surface area contributed by atoms with Crippen molar-refractivity contribution in [2.75, 3.05) is 31.9 Å². The number of amides is 1. The van der Waals surface area contributed by atoms with Gasteiger partial charge in [0.05, 0.1) is 7.11 Å². The summed E-state index contributed by atoms with van der Waals surface area (Å²) in [5.41, 5.74) is 8.91. The number of aromatic nitrogens is 1. The van der Waals surface area contributed by atoms with Gasteiger partial charge in [-0.1, -0.05) is 42.5 Å². The minimum atomic E-state index is -0.249. The van der Waals surface area contributed by atoms with E-state index >= 15 is 0 Å². The zero-order chi connectivity index (χ0) is 24.1. The van der Waals surface area contributed by atoms with Crippen LogP contribution >= 0.6 is 0 Å². The Morgan fingerprint density at radius 1 is 0.971 bits per heavy atom. The predicted octanol–water partition coefficient (Wildman–Crippen LogP) is 4.55. The second-order valence-electron chi connectivity index (χ2n) is 7.84. The Hall–Kier alpha value is -4.10. The Morgan fingerprint density at radius 3 is 2.44 bits per heavy atom. The van der Waals surface area contributed by atoms with Gasteiger partial charge in [0.15, 0.2) is 0 Å². The number of fused-ring (bicyclic) bond motifs is 1. The van der Waals surface area contributed by atoms with Crippen LogP contribution in [0.4, 0.5) is 11.5 Å². The molecule has 4 aromatic rings. The van der Waals surface area contributed by atoms with Crippen LogP contribution in [0.2, 0.25) is 0 Å². The molecule has 0 radical (unpaired) electrons. The molecule has 1 aromatic heterocycles. The van der Waals surface area contributed by atoms with E-state index in [2.05, 4.69) is 5.32 Å². The van der Waals surface area contributed by atoms with Gasteiger partial charge in [0, 0.05) is 48.0 Å². The van der Waals surface area contributed by atoms with Crippen LogP contribution in [-0.2, 0) is 11.3 Å². The summed E-state index contributed by atoms with van der Waals surface area (Å²) in [6.07, 6.45) is 0.627. The normalized spacial score (nSPS) is 10.9. The molecule has 3 N–H and O–H groups in total. The van der Waals surface area contributed by atoms with Gasteiger partial charge in [-0.05, 0) is 42.1 Å². The smallest absolute Gasteiger partial charge is 0.260 e. The molecule has 0 saturated carbocycles. The number of benzene rings is 3. The molecule has 1 amide bonds. The molecule has 7 heteroatoms. The molecule has 0 saturated heterocycles. The van der Waals surface area contributed by atoms with Gasteiger partial charge in [-0.3, -0.25) is 14.2 Å². The number of hydrogen-bond donors (Lipinski definition) is 2. The van der Waals surface area contributed by atoms with Crippen LogP contribution in [0.1, 0.15) is 16.8 Å². The fourth-order valence-electron chi connectivity index (χ4n) is 4.06. The van der Waals surface area contributed by atoms with Crippen LogP contribution in [0.5, 0.6) is 5.75 Å². The molecule has 3 aromatic carbocycles. The van der Waals surface area contributed by atoms with E-state index in [4.69, 9.17) is 15.2 Å². The van der Waals surface area contributed by atoms with Crippen LogP contribution in [-0.4, -0.2) is 31.3 Å². The lowest BCUT2D eigenvalue weighted by molar-refractivity contribution is 0.102. The second-order valence-corrected chi connectivity index (χ2v) is 7.84. The Labute approximate surface area is 197 Å². The molecule has 0 aliphatic rings. The highest BCUT2D eigenvalue weighted by molar-refractivity contribution is 6.07. The second kappa shape index (κ2) is 10.2. The highest BCUT2D eigenvalue weighted by Gasteiger charge is 2.19. The number of methoxy groups -OCH3 is 2. The maximum absolute atomic E-state index is 13.5. The van der Waals surface area contributed by atoms with Gasteiger partial charge in [-0.2, -0.15) is 0 Å². The number of ether oxygens (including phenoxy) is 2. The zero-order valence-corrected chi connectivity index (χ0v) is 19.2. The van der Waals surface area contributed by atoms with E-state index in [1.54, 1.807) is 55.2 Å². The molecule has 0 bridgehead atoms. The average Bonchev–Trinajstić information content (AvgIpc) is 2.87. The summed E-state index contributed by atoms with van der Waals surface area (Å²) >= 11 is 0. The third-order valence-corrected chi connectivity index (χ3v) is 5.71. The number of nitrogen functional groups attached to an aromatic ring is 1. The van der Waals surface area contributed by atoms with Crippen molar-refractivity contribution >= 4 is 28.2 Å². The molecular weight excluding hydrogens is 430 g/mol. The minimum absolute atomic E-state index is 0.224. The lowest BCUT2D eigenvalue weighted by atomic mass is 9.97. The Bertz CT molecular complexity index is 1380. The topological polar surface area (TPSA) is 95.6 Å². The van der Waals surface area contributed by atoms with E-state index in [-0.39, 0.29) is 11.5 Å². The van der Waals surface area contributed by atoms with E-state index in [0.717, 1.165) is 5.56 Å². The number of carbonyl (C=O) groups excluding carboxylic acids is 1. The molecule has 0 fully saturated rings. The largest absolute Gasteiger partial charge is 0.496 e. The Balaban J connectivity index is 1.88. The summed E-state index contributed by atoms with van der Waals surface area (Å²) in [6, 6.07) is 21.8. The number of carbonyl (C=O) groups is 1. The quantitative estimate of drug-likeness (QED) is 0.379. The lowest BCUT2D eigenvalue weighted by Gasteiger charge is -2.19. The first kappa shape index (κ1) is 23.1. The third kappa shape index (κ3) is 4.51. The minimum Gasteiger partial charge on any atom is -0.496 e. The van der Waals surface area contributed by atoms with Crippen molar-refractivity contribution in [2.45, 2.75) is 13.0 Å². The van der Waals surface area contributed by atoms with Crippen LogP contribution in [0, 0.1) is 0 Å². The highest BCUT2D eigenvalue weighted by atomic mass is 16.5. The van der Waals surface area contributed by atoms with Crippen LogP contribution in [0.15, 0.2) is 77.6 Å². The van der Waals surface area contributed by atoms with Gasteiger partial charge in [-0.25, -0.2) is 0 Å². The van der Waals surface area contributed by atoms with Crippen molar-refractivity contribution in [3.05, 3.63) is 88.7 Å². The van der Waals surface area contributed by atoms with Gasteiger partial charge in [0.2, 0.25) is 0 Å². The molecule has 7 nitrogen and oxygen atoms in total. The van der Waals surface area contributed by atoms with Crippen molar-refractivity contribution in [3.63, 3.8) is 0 Å². The van der Waals surface area contributed by atoms with E-state index < -0.39 is 0 Å². The molecule has 174 valence electrons. The van der Waals surface area contributed by atoms with Crippen molar-refractivity contribution in [1.82, 2.24) is 4.57 Å². The first-order chi connectivity index (χ1) is 16.5. The molecular formula is C27H27N3O4. The first-order valence-corrected chi connectivity index (χ1v) is 11.0. The number of nitrogens with zero attached hydrogens (tertiary/aromatic N) is 1. The third-order valence-electron chi connectivity index (χ3n) is 5.71. The number of nitrogens with one attached hydrogen (secondary N) is 1. The number of pyridine rings is 1. The van der Waals surface area contributed by atoms with E-state index in [1.807, 2.05) is 36.4 Å². The lowest BCUT2D eigenvalue weighted by Crippen LogP contribution is -2.25. The SMILES string of the molecule is COCCCn1c(N)c(-c2ccccc2OC)c2ccc(NC(=O)c3ccccc3)cc2c1=O. The average molecular weight is 458 g/mol. The van der Waals surface area contributed by atoms with E-state index in [9.17, 15) is 9.59 Å². The maximum atomic E-state index is 13.5. The molecule has 0 aliphatic carbocycles. The molecule has 34 heavy (non-hydrogen) atoms. The van der Waals surface area contributed by atoms with Gasteiger partial charge in [0.1, 0.15) is 11.6 Å². The number of rotatable bonds is 8. The van der Waals surface area contributed by atoms with Crippen molar-refractivity contribution < 1.29 is 14.3 Å². The van der Waals surface area contributed by atoms with Crippen molar-refractivity contribution in [1.29, 1.82) is 0 Å². The van der Waals surface area contributed by atoms with Crippen molar-refractivity contribution in [3.8, 4) is 16.9 Å². The monoisotopic (exact) mass is 457 g/mol. The fraction of sp³-hybridized carbons (Fsp3) is 0.185. The number of hydrogen-bond acceptors (Lipinski definition) is 5. The summed E-state index contributed by atoms with van der Waals surface area (Å²) in [5, 5.41) is 4.03. The first-order valence-electron chi connectivity index (χ1n) is 11.0. The van der Waals surface area contributed by atoms with Crippen LogP contribution < -0.4 is 21.3 Å². The summed E-state index contributed by atoms with van der Waals surface area (Å²) in [5.74, 6) is 0.763. The summed E-state index contributed by atoms with van der Waals surface area (Å²) in [6.45, 7) is 0.901. The van der Waals surface area contributed by atoms with E-state index in [0.29, 0.717) is 58.7 Å². The number of nitrogens with two attached hydrogens (primary N) is 1. The Kier molecular flexibility index (Phi) is 6.94. The van der Waals surface area contributed by atoms with Crippen LogP contribution in [0.3, 0.4) is 0 Å². The van der Waals surface area contributed by atoms with Crippen molar-refractivity contribution in [2.24, 2.45) is 0 Å². The fourth-order valence-corrected chi connectivity index (χ4v) is 4.06. The molecule has 1 heterocycles. The Morgan fingerprint density at radius 2 is 1.71 bits per heavy atom. The maximum Gasteiger partial charge on any atom is 0.260 e. The van der Waals surface area contributed by atoms with Gasteiger partial charge >= 0.3 is 0 Å². The molecule has 0 unspecified atom stereocenters. The number of para-hydroxylation sites is 1. The standard InChI is InChI=1S/C27H27N3O4/c1-33-16-8-15-30-25(28)24(21-11-6-7-12-23(21)34-2)20-14-13-19(17-22(20)27(30)32)29-26(31)18-9-4-3-5-10-18/h3-7,9-14,17H,8,15-16,28H2,1-2H3,(H,29,31). The summed E-state index contributed by atoms with van der Waals surface area (Å²) in [4.78, 5) is 26.1. The van der Waals surface area contributed by atoms with E-state index in [1.165, 1.54) is 0 Å². The summed E-state index contributed by atoms with van der Waals surface area (Å²) < 4.78 is 12.3. The molecule has 0 aliphatic heterocycles. The van der Waals surface area contributed by atoms with Crippen LogP contribution in [0.25, 0.3) is 21.9 Å². The molecule has 0 spiro atoms.